The summed E-state index contributed by atoms with van der Waals surface area (Å²) in [5.41, 5.74) is -0.467. The van der Waals surface area contributed by atoms with Crippen LogP contribution in [0, 0.1) is 11.3 Å². The van der Waals surface area contributed by atoms with E-state index in [-0.39, 0.29) is 28.7 Å². The lowest BCUT2D eigenvalue weighted by Crippen LogP contribution is -2.41. The van der Waals surface area contributed by atoms with Crippen molar-refractivity contribution < 1.29 is 23.9 Å². The van der Waals surface area contributed by atoms with Crippen LogP contribution >= 0.6 is 11.6 Å². The van der Waals surface area contributed by atoms with Crippen molar-refractivity contribution in [2.75, 3.05) is 13.2 Å². The lowest BCUT2D eigenvalue weighted by Gasteiger charge is -2.22. The van der Waals surface area contributed by atoms with Crippen molar-refractivity contribution in [2.45, 2.75) is 19.4 Å². The van der Waals surface area contributed by atoms with Gasteiger partial charge in [0.15, 0.2) is 11.5 Å². The third kappa shape index (κ3) is 3.93. The van der Waals surface area contributed by atoms with Crippen LogP contribution in [0.1, 0.15) is 25.0 Å². The van der Waals surface area contributed by atoms with Gasteiger partial charge in [0, 0.05) is 6.07 Å². The Balaban J connectivity index is 1.80. The summed E-state index contributed by atoms with van der Waals surface area (Å²) in [4.78, 5) is 38.6. The molecule has 1 unspecified atom stereocenters. The first-order valence-electron chi connectivity index (χ1n) is 9.07. The van der Waals surface area contributed by atoms with Crippen molar-refractivity contribution in [3.63, 3.8) is 0 Å². The summed E-state index contributed by atoms with van der Waals surface area (Å²) in [5.74, 6) is -1.43. The minimum atomic E-state index is -1.29. The van der Waals surface area contributed by atoms with Crippen LogP contribution in [0.3, 0.4) is 0 Å². The number of benzene rings is 2. The highest BCUT2D eigenvalue weighted by molar-refractivity contribution is 6.32. The SMILES string of the molecule is CCOc1cc(C#N)cc(Cl)c1OC(=O)CN1C(=O)NC(C)(c2ccccc2)C1=O. The zero-order valence-corrected chi connectivity index (χ0v) is 17.0. The number of ether oxygens (including phenoxy) is 2. The first kappa shape index (κ1) is 21.1. The molecule has 154 valence electrons. The summed E-state index contributed by atoms with van der Waals surface area (Å²) < 4.78 is 10.7. The van der Waals surface area contributed by atoms with Crippen LogP contribution < -0.4 is 14.8 Å². The number of esters is 1. The molecule has 1 saturated heterocycles. The van der Waals surface area contributed by atoms with Gasteiger partial charge in [-0.05, 0) is 25.5 Å². The molecule has 1 N–H and O–H groups in total. The second-order valence-electron chi connectivity index (χ2n) is 6.62. The van der Waals surface area contributed by atoms with E-state index >= 15 is 0 Å². The molecule has 1 atom stereocenters. The van der Waals surface area contributed by atoms with E-state index in [4.69, 9.17) is 26.3 Å². The first-order chi connectivity index (χ1) is 14.3. The summed E-state index contributed by atoms with van der Waals surface area (Å²) >= 11 is 6.12. The third-order valence-corrected chi connectivity index (χ3v) is 4.85. The van der Waals surface area contributed by atoms with E-state index in [1.54, 1.807) is 44.2 Å². The van der Waals surface area contributed by atoms with Crippen molar-refractivity contribution in [1.82, 2.24) is 10.2 Å². The summed E-state index contributed by atoms with van der Waals surface area (Å²) in [7, 11) is 0. The summed E-state index contributed by atoms with van der Waals surface area (Å²) in [5, 5.41) is 11.7. The molecule has 1 aliphatic heterocycles. The van der Waals surface area contributed by atoms with Crippen LogP contribution in [0.15, 0.2) is 42.5 Å². The molecule has 1 aliphatic rings. The van der Waals surface area contributed by atoms with Crippen molar-refractivity contribution in [3.8, 4) is 17.6 Å². The van der Waals surface area contributed by atoms with E-state index in [0.717, 1.165) is 4.90 Å². The molecular formula is C21H18ClN3O5. The number of hydrogen-bond acceptors (Lipinski definition) is 6. The van der Waals surface area contributed by atoms with Gasteiger partial charge < -0.3 is 14.8 Å². The van der Waals surface area contributed by atoms with E-state index in [2.05, 4.69) is 5.32 Å². The molecule has 1 fully saturated rings. The lowest BCUT2D eigenvalue weighted by molar-refractivity contribution is -0.141. The maximum atomic E-state index is 12.9. The zero-order valence-electron chi connectivity index (χ0n) is 16.3. The summed E-state index contributed by atoms with van der Waals surface area (Å²) in [6.07, 6.45) is 0. The lowest BCUT2D eigenvalue weighted by atomic mass is 9.92. The third-order valence-electron chi connectivity index (χ3n) is 4.57. The van der Waals surface area contributed by atoms with Gasteiger partial charge in [-0.3, -0.25) is 9.69 Å². The highest BCUT2D eigenvalue weighted by atomic mass is 35.5. The molecule has 3 amide bonds. The molecule has 0 aromatic heterocycles. The summed E-state index contributed by atoms with van der Waals surface area (Å²) in [6, 6.07) is 12.7. The molecule has 9 heteroatoms. The molecular weight excluding hydrogens is 410 g/mol. The van der Waals surface area contributed by atoms with Crippen LogP contribution in [-0.2, 0) is 15.1 Å². The average Bonchev–Trinajstić information content (AvgIpc) is 2.95. The molecule has 8 nitrogen and oxygen atoms in total. The van der Waals surface area contributed by atoms with Gasteiger partial charge in [0.25, 0.3) is 5.91 Å². The molecule has 30 heavy (non-hydrogen) atoms. The summed E-state index contributed by atoms with van der Waals surface area (Å²) in [6.45, 7) is 2.92. The largest absolute Gasteiger partial charge is 0.490 e. The first-order valence-corrected chi connectivity index (χ1v) is 9.44. The molecule has 0 radical (unpaired) electrons. The Labute approximate surface area is 177 Å². The minimum absolute atomic E-state index is 0.00262. The van der Waals surface area contributed by atoms with Crippen molar-refractivity contribution in [2.24, 2.45) is 0 Å². The molecule has 2 aromatic rings. The molecule has 0 saturated carbocycles. The number of halogens is 1. The Morgan fingerprint density at radius 1 is 1.27 bits per heavy atom. The van der Waals surface area contributed by atoms with Crippen LogP contribution in [0.25, 0.3) is 0 Å². The molecule has 1 heterocycles. The van der Waals surface area contributed by atoms with Crippen LogP contribution in [-0.4, -0.2) is 36.0 Å². The van der Waals surface area contributed by atoms with E-state index in [9.17, 15) is 14.4 Å². The van der Waals surface area contributed by atoms with Gasteiger partial charge in [0.2, 0.25) is 0 Å². The number of imide groups is 1. The van der Waals surface area contributed by atoms with Crippen molar-refractivity contribution in [1.29, 1.82) is 5.26 Å². The van der Waals surface area contributed by atoms with Gasteiger partial charge in [-0.2, -0.15) is 5.26 Å². The van der Waals surface area contributed by atoms with E-state index in [1.807, 2.05) is 6.07 Å². The second-order valence-corrected chi connectivity index (χ2v) is 7.02. The number of amides is 3. The normalized spacial score (nSPS) is 18.0. The second kappa shape index (κ2) is 8.43. The zero-order chi connectivity index (χ0) is 21.9. The van der Waals surface area contributed by atoms with E-state index in [0.29, 0.717) is 5.56 Å². The highest BCUT2D eigenvalue weighted by Crippen LogP contribution is 2.37. The number of hydrogen-bond donors (Lipinski definition) is 1. The Bertz CT molecular complexity index is 1050. The van der Waals surface area contributed by atoms with Crippen LogP contribution in [0.2, 0.25) is 5.02 Å². The number of nitrogens with zero attached hydrogens (tertiary/aromatic N) is 2. The van der Waals surface area contributed by atoms with Gasteiger partial charge in [-0.15, -0.1) is 0 Å². The van der Waals surface area contributed by atoms with Gasteiger partial charge >= 0.3 is 12.0 Å². The maximum Gasteiger partial charge on any atom is 0.331 e. The predicted molar refractivity (Wildman–Crippen MR) is 107 cm³/mol. The standard InChI is InChI=1S/C21H18ClN3O5/c1-3-29-16-10-13(11-23)9-15(22)18(16)30-17(26)12-25-19(27)21(2,24-20(25)28)14-7-5-4-6-8-14/h4-10H,3,12H2,1-2H3,(H,24,28). The number of nitriles is 1. The Kier molecular flexibility index (Phi) is 5.94. The van der Waals surface area contributed by atoms with E-state index in [1.165, 1.54) is 12.1 Å². The predicted octanol–water partition coefficient (Wildman–Crippen LogP) is 2.98. The average molecular weight is 428 g/mol. The highest BCUT2D eigenvalue weighted by Gasteiger charge is 2.49. The Hall–Kier alpha value is -3.57. The number of rotatable bonds is 6. The van der Waals surface area contributed by atoms with Crippen molar-refractivity contribution >= 4 is 29.5 Å². The number of urea groups is 1. The topological polar surface area (TPSA) is 109 Å². The number of carbonyl (C=O) groups excluding carboxylic acids is 3. The fraction of sp³-hybridized carbons (Fsp3) is 0.238. The molecule has 0 bridgehead atoms. The molecule has 3 rings (SSSR count). The number of carbonyl (C=O) groups is 3. The van der Waals surface area contributed by atoms with Crippen LogP contribution in [0.5, 0.6) is 11.5 Å². The Morgan fingerprint density at radius 3 is 2.60 bits per heavy atom. The van der Waals surface area contributed by atoms with E-state index < -0.39 is 30.0 Å². The van der Waals surface area contributed by atoms with Gasteiger partial charge in [-0.1, -0.05) is 41.9 Å². The van der Waals surface area contributed by atoms with Crippen molar-refractivity contribution in [3.05, 3.63) is 58.6 Å². The fourth-order valence-corrected chi connectivity index (χ4v) is 3.33. The van der Waals surface area contributed by atoms with Crippen LogP contribution in [0.4, 0.5) is 4.79 Å². The fourth-order valence-electron chi connectivity index (χ4n) is 3.08. The smallest absolute Gasteiger partial charge is 0.331 e. The molecule has 0 aliphatic carbocycles. The minimum Gasteiger partial charge on any atom is -0.490 e. The Morgan fingerprint density at radius 2 is 1.97 bits per heavy atom. The molecule has 2 aromatic carbocycles. The van der Waals surface area contributed by atoms with Gasteiger partial charge in [0.1, 0.15) is 12.1 Å². The number of nitrogens with one attached hydrogen (secondary N) is 1. The molecule has 0 spiro atoms. The quantitative estimate of drug-likeness (QED) is 0.431. The maximum absolute atomic E-state index is 12.9. The monoisotopic (exact) mass is 427 g/mol. The van der Waals surface area contributed by atoms with Gasteiger partial charge in [-0.25, -0.2) is 9.59 Å². The van der Waals surface area contributed by atoms with Gasteiger partial charge in [0.05, 0.1) is 23.3 Å².